The van der Waals surface area contributed by atoms with Crippen LogP contribution in [0, 0.1) is 0 Å². The first-order valence-corrected chi connectivity index (χ1v) is 12.3. The fraction of sp³-hybridized carbons (Fsp3) is 0.654. The van der Waals surface area contributed by atoms with Crippen LogP contribution in [0.5, 0.6) is 5.75 Å². The van der Waals surface area contributed by atoms with Crippen LogP contribution in [0.1, 0.15) is 90.9 Å². The molecule has 1 aromatic rings. The van der Waals surface area contributed by atoms with Gasteiger partial charge in [0.2, 0.25) is 6.10 Å². The average Bonchev–Trinajstić information content (AvgIpc) is 2.74. The molecule has 0 radical (unpaired) electrons. The normalized spacial score (nSPS) is 14.9. The first-order chi connectivity index (χ1) is 15.2. The van der Waals surface area contributed by atoms with Crippen LogP contribution < -0.4 is 10.1 Å². The minimum absolute atomic E-state index is 0.187. The third-order valence-corrected chi connectivity index (χ3v) is 5.42. The van der Waals surface area contributed by atoms with Crippen LogP contribution in [-0.2, 0) is 14.3 Å². The van der Waals surface area contributed by atoms with E-state index in [9.17, 15) is 4.79 Å². The van der Waals surface area contributed by atoms with Gasteiger partial charge in [0.15, 0.2) is 0 Å². The van der Waals surface area contributed by atoms with Crippen molar-refractivity contribution >= 4 is 11.6 Å². The number of hydrogen-bond donors (Lipinski definition) is 1. The van der Waals surface area contributed by atoms with E-state index in [4.69, 9.17) is 14.2 Å². The van der Waals surface area contributed by atoms with Gasteiger partial charge in [-0.2, -0.15) is 0 Å². The highest BCUT2D eigenvalue weighted by molar-refractivity contribution is 5.96. The monoisotopic (exact) mass is 431 g/mol. The first kappa shape index (κ1) is 25.1. The maximum atomic E-state index is 12.3. The molecule has 0 spiro atoms. The van der Waals surface area contributed by atoms with Crippen LogP contribution in [0.3, 0.4) is 0 Å². The molecule has 2 rings (SSSR count). The lowest BCUT2D eigenvalue weighted by molar-refractivity contribution is -0.130. The molecule has 1 aromatic carbocycles. The second kappa shape index (κ2) is 15.6. The van der Waals surface area contributed by atoms with E-state index in [2.05, 4.69) is 19.2 Å². The molecule has 0 fully saturated rings. The molecule has 1 amide bonds. The third kappa shape index (κ3) is 10.6. The van der Waals surface area contributed by atoms with Gasteiger partial charge in [-0.1, -0.05) is 78.1 Å². The Labute approximate surface area is 188 Å². The number of hydrogen-bond acceptors (Lipinski definition) is 4. The lowest BCUT2D eigenvalue weighted by Gasteiger charge is -2.25. The van der Waals surface area contributed by atoms with Crippen LogP contribution in [0.15, 0.2) is 36.3 Å². The lowest BCUT2D eigenvalue weighted by Crippen LogP contribution is -2.35. The van der Waals surface area contributed by atoms with Gasteiger partial charge in [0.05, 0.1) is 13.2 Å². The molecule has 1 unspecified atom stereocenters. The number of unbranched alkanes of at least 4 members (excludes halogenated alkanes) is 10. The van der Waals surface area contributed by atoms with Crippen molar-refractivity contribution in [2.75, 3.05) is 18.5 Å². The summed E-state index contributed by atoms with van der Waals surface area (Å²) in [6.45, 7) is 5.83. The SMILES string of the molecule is CCCCCCCCOC1=CC(C(=O)Nc2ccc(OCCCCCCCC)cc2)O1. The Morgan fingerprint density at radius 2 is 1.32 bits per heavy atom. The standard InChI is InChI=1S/C26H41NO4/c1-3-5-7-9-11-13-19-29-23-17-15-22(16-18-23)27-26(28)24-21-25(31-24)30-20-14-12-10-8-6-4-2/h15-18,21,24H,3-14,19-20H2,1-2H3,(H,27,28). The molecule has 1 aliphatic heterocycles. The molecule has 1 N–H and O–H groups in total. The predicted molar refractivity (Wildman–Crippen MR) is 126 cm³/mol. The number of amides is 1. The Morgan fingerprint density at radius 3 is 1.90 bits per heavy atom. The molecule has 0 bridgehead atoms. The van der Waals surface area contributed by atoms with Crippen LogP contribution in [0.25, 0.3) is 0 Å². The Kier molecular flexibility index (Phi) is 12.6. The van der Waals surface area contributed by atoms with E-state index in [1.54, 1.807) is 6.08 Å². The molecule has 0 aliphatic carbocycles. The fourth-order valence-corrected chi connectivity index (χ4v) is 3.44. The smallest absolute Gasteiger partial charge is 0.280 e. The van der Waals surface area contributed by atoms with Gasteiger partial charge in [0.25, 0.3) is 11.9 Å². The van der Waals surface area contributed by atoms with E-state index in [1.165, 1.54) is 64.2 Å². The van der Waals surface area contributed by atoms with Gasteiger partial charge in [-0.25, -0.2) is 0 Å². The molecule has 5 heteroatoms. The van der Waals surface area contributed by atoms with E-state index in [0.717, 1.165) is 30.9 Å². The number of nitrogens with one attached hydrogen (secondary N) is 1. The lowest BCUT2D eigenvalue weighted by atomic mass is 10.1. The number of ether oxygens (including phenoxy) is 3. The molecule has 1 heterocycles. The summed E-state index contributed by atoms with van der Waals surface area (Å²) in [5.74, 6) is 1.11. The van der Waals surface area contributed by atoms with E-state index in [1.807, 2.05) is 24.3 Å². The molecular formula is C26H41NO4. The Bertz CT molecular complexity index is 641. The van der Waals surface area contributed by atoms with Gasteiger partial charge in [-0.3, -0.25) is 4.79 Å². The van der Waals surface area contributed by atoms with E-state index < -0.39 is 6.10 Å². The number of benzene rings is 1. The largest absolute Gasteiger partial charge is 0.494 e. The zero-order chi connectivity index (χ0) is 22.2. The highest BCUT2D eigenvalue weighted by atomic mass is 16.7. The summed E-state index contributed by atoms with van der Waals surface area (Å²) in [4.78, 5) is 12.3. The second-order valence-corrected chi connectivity index (χ2v) is 8.27. The van der Waals surface area contributed by atoms with Gasteiger partial charge in [-0.15, -0.1) is 0 Å². The van der Waals surface area contributed by atoms with Gasteiger partial charge in [0.1, 0.15) is 5.75 Å². The number of carbonyl (C=O) groups excluding carboxylic acids is 1. The second-order valence-electron chi connectivity index (χ2n) is 8.27. The van der Waals surface area contributed by atoms with Gasteiger partial charge in [-0.05, 0) is 37.1 Å². The van der Waals surface area contributed by atoms with Crippen LogP contribution in [0.2, 0.25) is 0 Å². The average molecular weight is 432 g/mol. The number of rotatable bonds is 18. The molecule has 174 valence electrons. The minimum atomic E-state index is -0.580. The fourth-order valence-electron chi connectivity index (χ4n) is 3.44. The maximum Gasteiger partial charge on any atom is 0.280 e. The quantitative estimate of drug-likeness (QED) is 0.255. The molecule has 31 heavy (non-hydrogen) atoms. The first-order valence-electron chi connectivity index (χ1n) is 12.3. The van der Waals surface area contributed by atoms with Crippen LogP contribution in [-0.4, -0.2) is 25.2 Å². The van der Waals surface area contributed by atoms with Crippen molar-refractivity contribution in [1.29, 1.82) is 0 Å². The molecule has 1 atom stereocenters. The molecule has 0 saturated carbocycles. The van der Waals surface area contributed by atoms with Gasteiger partial charge >= 0.3 is 0 Å². The van der Waals surface area contributed by atoms with E-state index in [-0.39, 0.29) is 5.91 Å². The zero-order valence-corrected chi connectivity index (χ0v) is 19.5. The van der Waals surface area contributed by atoms with Crippen molar-refractivity contribution in [3.8, 4) is 5.75 Å². The highest BCUT2D eigenvalue weighted by Gasteiger charge is 2.29. The molecule has 1 aliphatic rings. The minimum Gasteiger partial charge on any atom is -0.494 e. The summed E-state index contributed by atoms with van der Waals surface area (Å²) in [6.07, 6.45) is 16.0. The Balaban J connectivity index is 1.55. The summed E-state index contributed by atoms with van der Waals surface area (Å²) in [7, 11) is 0. The summed E-state index contributed by atoms with van der Waals surface area (Å²) in [6, 6.07) is 7.48. The van der Waals surface area contributed by atoms with Crippen LogP contribution in [0.4, 0.5) is 5.69 Å². The van der Waals surface area contributed by atoms with Crippen molar-refractivity contribution in [2.24, 2.45) is 0 Å². The summed E-state index contributed by atoms with van der Waals surface area (Å²) in [5, 5.41) is 2.86. The third-order valence-electron chi connectivity index (χ3n) is 5.42. The Hall–Kier alpha value is -2.17. The van der Waals surface area contributed by atoms with Crippen molar-refractivity contribution in [3.05, 3.63) is 36.3 Å². The highest BCUT2D eigenvalue weighted by Crippen LogP contribution is 2.22. The summed E-state index contributed by atoms with van der Waals surface area (Å²) < 4.78 is 16.8. The summed E-state index contributed by atoms with van der Waals surface area (Å²) in [5.41, 5.74) is 0.732. The molecule has 0 aromatic heterocycles. The zero-order valence-electron chi connectivity index (χ0n) is 19.5. The van der Waals surface area contributed by atoms with Gasteiger partial charge in [0, 0.05) is 11.8 Å². The van der Waals surface area contributed by atoms with Crippen molar-refractivity contribution in [2.45, 2.75) is 97.0 Å². The number of anilines is 1. The predicted octanol–water partition coefficient (Wildman–Crippen LogP) is 6.98. The van der Waals surface area contributed by atoms with Crippen molar-refractivity contribution in [1.82, 2.24) is 0 Å². The van der Waals surface area contributed by atoms with E-state index >= 15 is 0 Å². The number of carbonyl (C=O) groups is 1. The molecule has 5 nitrogen and oxygen atoms in total. The molecule has 0 saturated heterocycles. The van der Waals surface area contributed by atoms with Crippen molar-refractivity contribution < 1.29 is 19.0 Å². The maximum absolute atomic E-state index is 12.3. The van der Waals surface area contributed by atoms with Crippen molar-refractivity contribution in [3.63, 3.8) is 0 Å². The topological polar surface area (TPSA) is 56.8 Å². The molecular weight excluding hydrogens is 390 g/mol. The van der Waals surface area contributed by atoms with Gasteiger partial charge < -0.3 is 19.5 Å². The summed E-state index contributed by atoms with van der Waals surface area (Å²) >= 11 is 0. The van der Waals surface area contributed by atoms with E-state index in [0.29, 0.717) is 12.6 Å². The van der Waals surface area contributed by atoms with Crippen LogP contribution >= 0.6 is 0 Å². The Morgan fingerprint density at radius 1 is 0.806 bits per heavy atom.